The van der Waals surface area contributed by atoms with Crippen LogP contribution in [0.5, 0.6) is 0 Å². The van der Waals surface area contributed by atoms with Crippen molar-refractivity contribution in [1.29, 1.82) is 0 Å². The number of aryl methyl sites for hydroxylation is 2. The van der Waals surface area contributed by atoms with Gasteiger partial charge in [0.25, 0.3) is 0 Å². The number of anilines is 1. The summed E-state index contributed by atoms with van der Waals surface area (Å²) in [6.45, 7) is 3.58. The fourth-order valence-corrected chi connectivity index (χ4v) is 3.82. The Hall–Kier alpha value is -3.14. The van der Waals surface area contributed by atoms with Gasteiger partial charge in [0.05, 0.1) is 11.8 Å². The van der Waals surface area contributed by atoms with E-state index >= 15 is 0 Å². The number of hydrogen-bond acceptors (Lipinski definition) is 6. The first-order valence-electron chi connectivity index (χ1n) is 10.5. The maximum absolute atomic E-state index is 13.5. The van der Waals surface area contributed by atoms with E-state index in [9.17, 15) is 22.7 Å². The number of aliphatic hydroxyl groups is 1. The molecule has 3 aromatic rings. The summed E-state index contributed by atoms with van der Waals surface area (Å²) in [7, 11) is 0. The van der Waals surface area contributed by atoms with Crippen molar-refractivity contribution >= 4 is 5.82 Å². The highest BCUT2D eigenvalue weighted by Crippen LogP contribution is 2.43. The molecule has 0 bridgehead atoms. The molecule has 1 aliphatic carbocycles. The Morgan fingerprint density at radius 2 is 1.82 bits per heavy atom. The number of rotatable bonds is 6. The molecule has 1 saturated carbocycles. The molecular weight excluding hydrogens is 438 g/mol. The third-order valence-corrected chi connectivity index (χ3v) is 6.19. The van der Waals surface area contributed by atoms with E-state index in [4.69, 9.17) is 0 Å². The van der Waals surface area contributed by atoms with Crippen LogP contribution in [0.15, 0.2) is 43.0 Å². The van der Waals surface area contributed by atoms with Crippen molar-refractivity contribution in [2.75, 3.05) is 5.32 Å². The second-order valence-corrected chi connectivity index (χ2v) is 8.72. The fourth-order valence-electron chi connectivity index (χ4n) is 3.82. The molecule has 2 atom stereocenters. The summed E-state index contributed by atoms with van der Waals surface area (Å²) in [5.41, 5.74) is 0.541. The van der Waals surface area contributed by atoms with Gasteiger partial charge in [-0.05, 0) is 42.7 Å². The first kappa shape index (κ1) is 23.0. The minimum absolute atomic E-state index is 0.233. The second kappa shape index (κ2) is 8.66. The second-order valence-electron chi connectivity index (χ2n) is 8.72. The van der Waals surface area contributed by atoms with Gasteiger partial charge in [-0.15, -0.1) is 0 Å². The third-order valence-electron chi connectivity index (χ3n) is 6.19. The van der Waals surface area contributed by atoms with Crippen LogP contribution in [0, 0.1) is 11.2 Å². The van der Waals surface area contributed by atoms with Crippen LogP contribution in [0.1, 0.15) is 37.2 Å². The Kier molecular flexibility index (Phi) is 6.04. The standard InChI is InChI=1S/C23H23F4N5O/c1-22(2)17(9-18(22)33)31-21-16(23(25,26)27)11-29-19(32-21)8-5-14-10-28-12-30-20(14)13-3-6-15(24)7-4-13/h3-4,6-7,10-12,17-18,33H,5,8-9H2,1-2H3,(H,29,31,32)/t17-,18+/m0/s1. The van der Waals surface area contributed by atoms with Gasteiger partial charge in [-0.25, -0.2) is 24.3 Å². The van der Waals surface area contributed by atoms with Gasteiger partial charge >= 0.3 is 6.18 Å². The van der Waals surface area contributed by atoms with E-state index in [0.717, 1.165) is 11.8 Å². The lowest BCUT2D eigenvalue weighted by atomic mass is 9.64. The maximum atomic E-state index is 13.5. The molecule has 33 heavy (non-hydrogen) atoms. The molecule has 1 aromatic carbocycles. The molecule has 2 heterocycles. The molecule has 174 valence electrons. The van der Waals surface area contributed by atoms with Gasteiger partial charge in [0.1, 0.15) is 29.4 Å². The van der Waals surface area contributed by atoms with Crippen LogP contribution in [-0.4, -0.2) is 37.2 Å². The van der Waals surface area contributed by atoms with Crippen LogP contribution >= 0.6 is 0 Å². The zero-order valence-corrected chi connectivity index (χ0v) is 18.1. The lowest BCUT2D eigenvalue weighted by molar-refractivity contribution is -0.137. The number of benzene rings is 1. The van der Waals surface area contributed by atoms with E-state index in [2.05, 4.69) is 25.3 Å². The lowest BCUT2D eigenvalue weighted by Crippen LogP contribution is -2.57. The Morgan fingerprint density at radius 1 is 1.09 bits per heavy atom. The third kappa shape index (κ3) is 4.80. The molecule has 0 amide bonds. The van der Waals surface area contributed by atoms with E-state index in [1.807, 2.05) is 0 Å². The zero-order chi connectivity index (χ0) is 23.8. The quantitative estimate of drug-likeness (QED) is 0.528. The molecule has 6 nitrogen and oxygen atoms in total. The molecule has 1 aliphatic rings. The summed E-state index contributed by atoms with van der Waals surface area (Å²) in [6.07, 6.45) is -0.441. The van der Waals surface area contributed by atoms with Gasteiger partial charge in [0.2, 0.25) is 0 Å². The Morgan fingerprint density at radius 3 is 2.45 bits per heavy atom. The molecule has 0 spiro atoms. The summed E-state index contributed by atoms with van der Waals surface area (Å²) < 4.78 is 53.9. The van der Waals surface area contributed by atoms with E-state index < -0.39 is 23.3 Å². The van der Waals surface area contributed by atoms with Crippen molar-refractivity contribution < 1.29 is 22.7 Å². The minimum atomic E-state index is -4.61. The summed E-state index contributed by atoms with van der Waals surface area (Å²) >= 11 is 0. The van der Waals surface area contributed by atoms with Crippen molar-refractivity contribution in [2.45, 2.75) is 51.4 Å². The first-order valence-corrected chi connectivity index (χ1v) is 10.5. The average Bonchev–Trinajstić information content (AvgIpc) is 2.77. The number of aliphatic hydroxyl groups excluding tert-OH is 1. The molecular formula is C23H23F4N5O. The van der Waals surface area contributed by atoms with Crippen LogP contribution in [-0.2, 0) is 19.0 Å². The predicted molar refractivity (Wildman–Crippen MR) is 114 cm³/mol. The number of alkyl halides is 3. The van der Waals surface area contributed by atoms with Gasteiger partial charge in [-0.3, -0.25) is 0 Å². The van der Waals surface area contributed by atoms with Crippen LogP contribution < -0.4 is 5.32 Å². The highest BCUT2D eigenvalue weighted by Gasteiger charge is 2.48. The largest absolute Gasteiger partial charge is 0.421 e. The topological polar surface area (TPSA) is 83.8 Å². The van der Waals surface area contributed by atoms with Gasteiger partial charge in [0, 0.05) is 35.8 Å². The van der Waals surface area contributed by atoms with Crippen LogP contribution in [0.25, 0.3) is 11.3 Å². The number of hydrogen-bond donors (Lipinski definition) is 2. The van der Waals surface area contributed by atoms with Gasteiger partial charge in [-0.2, -0.15) is 13.2 Å². The van der Waals surface area contributed by atoms with Crippen molar-refractivity contribution in [3.63, 3.8) is 0 Å². The Balaban J connectivity index is 1.57. The van der Waals surface area contributed by atoms with Crippen molar-refractivity contribution in [2.24, 2.45) is 5.41 Å². The van der Waals surface area contributed by atoms with Gasteiger partial charge in [-0.1, -0.05) is 13.8 Å². The van der Waals surface area contributed by atoms with Crippen LogP contribution in [0.3, 0.4) is 0 Å². The van der Waals surface area contributed by atoms with Gasteiger partial charge < -0.3 is 10.4 Å². The molecule has 10 heteroatoms. The number of nitrogens with zero attached hydrogens (tertiary/aromatic N) is 4. The van der Waals surface area contributed by atoms with Crippen LogP contribution in [0.4, 0.5) is 23.4 Å². The molecule has 0 aliphatic heterocycles. The summed E-state index contributed by atoms with van der Waals surface area (Å²) in [6, 6.07) is 5.52. The molecule has 1 fully saturated rings. The van der Waals surface area contributed by atoms with Crippen molar-refractivity contribution in [1.82, 2.24) is 19.9 Å². The summed E-state index contributed by atoms with van der Waals surface area (Å²) in [5, 5.41) is 12.8. The number of nitrogens with one attached hydrogen (secondary N) is 1. The molecule has 0 saturated heterocycles. The number of aromatic nitrogens is 4. The van der Waals surface area contributed by atoms with E-state index in [1.54, 1.807) is 32.2 Å². The normalized spacial score (nSPS) is 19.7. The minimum Gasteiger partial charge on any atom is -0.392 e. The van der Waals surface area contributed by atoms with Gasteiger partial charge in [0.15, 0.2) is 0 Å². The Bertz CT molecular complexity index is 1130. The molecule has 4 rings (SSSR count). The van der Waals surface area contributed by atoms with E-state index in [-0.39, 0.29) is 29.9 Å². The highest BCUT2D eigenvalue weighted by molar-refractivity contribution is 5.62. The van der Waals surface area contributed by atoms with E-state index in [1.165, 1.54) is 18.5 Å². The first-order chi connectivity index (χ1) is 15.6. The molecule has 2 N–H and O–H groups in total. The average molecular weight is 461 g/mol. The predicted octanol–water partition coefficient (Wildman–Crippen LogP) is 4.45. The molecule has 2 aromatic heterocycles. The number of halogens is 4. The Labute approximate surface area is 188 Å². The zero-order valence-electron chi connectivity index (χ0n) is 18.1. The molecule has 0 radical (unpaired) electrons. The van der Waals surface area contributed by atoms with E-state index in [0.29, 0.717) is 24.1 Å². The smallest absolute Gasteiger partial charge is 0.392 e. The lowest BCUT2D eigenvalue weighted by Gasteiger charge is -2.49. The van der Waals surface area contributed by atoms with Crippen molar-refractivity contribution in [3.05, 3.63) is 65.8 Å². The monoisotopic (exact) mass is 461 g/mol. The summed E-state index contributed by atoms with van der Waals surface area (Å²) in [4.78, 5) is 16.4. The maximum Gasteiger partial charge on any atom is 0.421 e. The highest BCUT2D eigenvalue weighted by atomic mass is 19.4. The summed E-state index contributed by atoms with van der Waals surface area (Å²) in [5.74, 6) is -0.424. The molecule has 0 unspecified atom stereocenters. The van der Waals surface area contributed by atoms with Crippen LogP contribution in [0.2, 0.25) is 0 Å². The SMILES string of the molecule is CC1(C)[C@H](O)C[C@@H]1Nc1nc(CCc2cncnc2-c2ccc(F)cc2)ncc1C(F)(F)F. The van der Waals surface area contributed by atoms with Crippen molar-refractivity contribution in [3.8, 4) is 11.3 Å². The fraction of sp³-hybridized carbons (Fsp3) is 0.391.